The second kappa shape index (κ2) is 4.54. The molecule has 2 aromatic heterocycles. The number of hydrogen-bond acceptors (Lipinski definition) is 5. The number of pyridine rings is 1. The van der Waals surface area contributed by atoms with Crippen LogP contribution in [0.5, 0.6) is 0 Å². The van der Waals surface area contributed by atoms with E-state index < -0.39 is 5.97 Å². The highest BCUT2D eigenvalue weighted by Gasteiger charge is 2.36. The van der Waals surface area contributed by atoms with Crippen molar-refractivity contribution in [2.75, 3.05) is 7.11 Å². The Morgan fingerprint density at radius 1 is 1.58 bits per heavy atom. The monoisotopic (exact) mass is 278 g/mol. The highest BCUT2D eigenvalue weighted by Crippen LogP contribution is 2.45. The zero-order chi connectivity index (χ0) is 13.6. The number of carboxylic acid groups (broad SMARTS) is 1. The molecule has 0 aliphatic heterocycles. The fourth-order valence-electron chi connectivity index (χ4n) is 2.40. The highest BCUT2D eigenvalue weighted by molar-refractivity contribution is 7.18. The van der Waals surface area contributed by atoms with Gasteiger partial charge in [0.1, 0.15) is 10.3 Å². The maximum atomic E-state index is 11.4. The van der Waals surface area contributed by atoms with E-state index in [2.05, 4.69) is 9.97 Å². The van der Waals surface area contributed by atoms with Gasteiger partial charge in [-0.1, -0.05) is 11.3 Å². The Labute approximate surface area is 114 Å². The molecule has 3 rings (SSSR count). The van der Waals surface area contributed by atoms with Gasteiger partial charge in [0, 0.05) is 18.9 Å². The number of thiazole rings is 1. The van der Waals surface area contributed by atoms with Gasteiger partial charge in [-0.05, 0) is 25.7 Å². The molecule has 0 bridgehead atoms. The molecule has 1 aliphatic rings. The smallest absolute Gasteiger partial charge is 0.337 e. The number of hydrogen-bond donors (Lipinski definition) is 1. The molecule has 19 heavy (non-hydrogen) atoms. The van der Waals surface area contributed by atoms with E-state index in [1.165, 1.54) is 17.5 Å². The summed E-state index contributed by atoms with van der Waals surface area (Å²) in [6, 6.07) is 0. The molecule has 2 heterocycles. The third kappa shape index (κ3) is 2.11. The zero-order valence-corrected chi connectivity index (χ0v) is 11.5. The second-order valence-corrected chi connectivity index (χ2v) is 5.95. The van der Waals surface area contributed by atoms with Crippen LogP contribution in [0, 0.1) is 12.8 Å². The molecule has 0 aromatic carbocycles. The summed E-state index contributed by atoms with van der Waals surface area (Å²) in [5.74, 6) is -0.576. The van der Waals surface area contributed by atoms with Gasteiger partial charge in [-0.15, -0.1) is 0 Å². The first kappa shape index (κ1) is 12.5. The van der Waals surface area contributed by atoms with Crippen molar-refractivity contribution in [3.8, 4) is 0 Å². The van der Waals surface area contributed by atoms with Crippen LogP contribution in [-0.4, -0.2) is 28.2 Å². The summed E-state index contributed by atoms with van der Waals surface area (Å²) in [6.07, 6.45) is 3.37. The molecule has 2 aromatic rings. The molecule has 1 unspecified atom stereocenters. The van der Waals surface area contributed by atoms with E-state index in [1.54, 1.807) is 7.11 Å². The molecule has 1 N–H and O–H groups in total. The number of aryl methyl sites for hydroxylation is 1. The van der Waals surface area contributed by atoms with Gasteiger partial charge < -0.3 is 9.84 Å². The second-order valence-electron chi connectivity index (χ2n) is 4.77. The van der Waals surface area contributed by atoms with E-state index in [4.69, 9.17) is 4.74 Å². The van der Waals surface area contributed by atoms with E-state index in [9.17, 15) is 9.90 Å². The molecule has 5 nitrogen and oxygen atoms in total. The number of carbonyl (C=O) groups is 1. The van der Waals surface area contributed by atoms with E-state index >= 15 is 0 Å². The van der Waals surface area contributed by atoms with Crippen LogP contribution in [-0.2, 0) is 4.74 Å². The molecular formula is C13H14N2O3S. The Hall–Kier alpha value is -1.53. The molecule has 0 amide bonds. The number of aromatic carboxylic acids is 1. The van der Waals surface area contributed by atoms with Crippen LogP contribution < -0.4 is 0 Å². The van der Waals surface area contributed by atoms with Crippen molar-refractivity contribution in [3.63, 3.8) is 0 Å². The zero-order valence-electron chi connectivity index (χ0n) is 10.7. The van der Waals surface area contributed by atoms with Gasteiger partial charge in [0.25, 0.3) is 0 Å². The predicted molar refractivity (Wildman–Crippen MR) is 71.6 cm³/mol. The van der Waals surface area contributed by atoms with Gasteiger partial charge in [0.05, 0.1) is 16.7 Å². The first-order valence-corrected chi connectivity index (χ1v) is 6.95. The average molecular weight is 278 g/mol. The summed E-state index contributed by atoms with van der Waals surface area (Å²) >= 11 is 1.48. The fraction of sp³-hybridized carbons (Fsp3) is 0.462. The standard InChI is InChI=1S/C13H14N2O3S/c1-6-15-10-9(11(18-2)7-3-4-7)8(13(16)17)5-14-12(10)19-6/h5,7,11H,3-4H2,1-2H3,(H,16,17). The predicted octanol–water partition coefficient (Wildman–Crippen LogP) is 2.80. The van der Waals surface area contributed by atoms with E-state index in [-0.39, 0.29) is 11.7 Å². The van der Waals surface area contributed by atoms with Crippen molar-refractivity contribution >= 4 is 27.7 Å². The maximum Gasteiger partial charge on any atom is 0.337 e. The van der Waals surface area contributed by atoms with Crippen LogP contribution in [0.3, 0.4) is 0 Å². The van der Waals surface area contributed by atoms with Gasteiger partial charge in [0.2, 0.25) is 0 Å². The Kier molecular flexibility index (Phi) is 2.99. The number of ether oxygens (including phenoxy) is 1. The molecule has 1 aliphatic carbocycles. The minimum atomic E-state index is -0.974. The van der Waals surface area contributed by atoms with Crippen molar-refractivity contribution in [1.29, 1.82) is 0 Å². The minimum Gasteiger partial charge on any atom is -0.478 e. The average Bonchev–Trinajstić information content (AvgIpc) is 3.11. The molecule has 0 saturated heterocycles. The summed E-state index contributed by atoms with van der Waals surface area (Å²) in [5.41, 5.74) is 1.57. The molecule has 0 spiro atoms. The van der Waals surface area contributed by atoms with Crippen molar-refractivity contribution in [3.05, 3.63) is 22.3 Å². The lowest BCUT2D eigenvalue weighted by atomic mass is 10.00. The number of nitrogens with zero attached hydrogens (tertiary/aromatic N) is 2. The van der Waals surface area contributed by atoms with Crippen LogP contribution in [0.15, 0.2) is 6.20 Å². The number of rotatable bonds is 4. The normalized spacial score (nSPS) is 16.7. The van der Waals surface area contributed by atoms with Crippen LogP contribution in [0.25, 0.3) is 10.3 Å². The van der Waals surface area contributed by atoms with Crippen LogP contribution in [0.4, 0.5) is 0 Å². The third-order valence-electron chi connectivity index (χ3n) is 3.39. The van der Waals surface area contributed by atoms with Gasteiger partial charge in [-0.25, -0.2) is 14.8 Å². The Bertz CT molecular complexity index is 649. The van der Waals surface area contributed by atoms with E-state index in [0.717, 1.165) is 22.7 Å². The van der Waals surface area contributed by atoms with Crippen LogP contribution in [0.2, 0.25) is 0 Å². The fourth-order valence-corrected chi connectivity index (χ4v) is 3.18. The quantitative estimate of drug-likeness (QED) is 0.931. The summed E-state index contributed by atoms with van der Waals surface area (Å²) in [5, 5.41) is 10.2. The van der Waals surface area contributed by atoms with Crippen molar-refractivity contribution in [1.82, 2.24) is 9.97 Å². The molecule has 100 valence electrons. The molecule has 6 heteroatoms. The van der Waals surface area contributed by atoms with Gasteiger partial charge in [0.15, 0.2) is 0 Å². The molecule has 1 atom stereocenters. The van der Waals surface area contributed by atoms with E-state index in [1.807, 2.05) is 6.92 Å². The van der Waals surface area contributed by atoms with Gasteiger partial charge >= 0.3 is 5.97 Å². The van der Waals surface area contributed by atoms with Crippen molar-refractivity contribution in [2.45, 2.75) is 25.9 Å². The summed E-state index contributed by atoms with van der Waals surface area (Å²) in [6.45, 7) is 1.90. The summed E-state index contributed by atoms with van der Waals surface area (Å²) in [7, 11) is 1.63. The lowest BCUT2D eigenvalue weighted by Crippen LogP contribution is -2.12. The third-order valence-corrected chi connectivity index (χ3v) is 4.27. The lowest BCUT2D eigenvalue weighted by Gasteiger charge is -2.17. The number of methoxy groups -OCH3 is 1. The lowest BCUT2D eigenvalue weighted by molar-refractivity contribution is 0.0661. The van der Waals surface area contributed by atoms with E-state index in [0.29, 0.717) is 17.0 Å². The molecule has 0 radical (unpaired) electrons. The molecule has 1 saturated carbocycles. The van der Waals surface area contributed by atoms with Gasteiger partial charge in [-0.2, -0.15) is 0 Å². The maximum absolute atomic E-state index is 11.4. The van der Waals surface area contributed by atoms with Gasteiger partial charge in [-0.3, -0.25) is 0 Å². The number of aromatic nitrogens is 2. The first-order chi connectivity index (χ1) is 9.11. The van der Waals surface area contributed by atoms with Crippen LogP contribution >= 0.6 is 11.3 Å². The number of carboxylic acids is 1. The first-order valence-electron chi connectivity index (χ1n) is 6.14. The topological polar surface area (TPSA) is 72.3 Å². The Morgan fingerprint density at radius 3 is 2.89 bits per heavy atom. The minimum absolute atomic E-state index is 0.196. The van der Waals surface area contributed by atoms with Crippen molar-refractivity contribution in [2.24, 2.45) is 5.92 Å². The van der Waals surface area contributed by atoms with Crippen molar-refractivity contribution < 1.29 is 14.6 Å². The summed E-state index contributed by atoms with van der Waals surface area (Å²) < 4.78 is 5.54. The Balaban J connectivity index is 2.26. The van der Waals surface area contributed by atoms with Crippen LogP contribution in [0.1, 0.15) is 39.9 Å². The SMILES string of the molecule is COC(c1c(C(=O)O)cnc2sc(C)nc12)C1CC1. The molecule has 1 fully saturated rings. The number of fused-ring (bicyclic) bond motifs is 1. The highest BCUT2D eigenvalue weighted by atomic mass is 32.1. The summed E-state index contributed by atoms with van der Waals surface area (Å²) in [4.78, 5) is 20.8. The molecular weight excluding hydrogens is 264 g/mol. The largest absolute Gasteiger partial charge is 0.478 e. The Morgan fingerprint density at radius 2 is 2.32 bits per heavy atom.